The molecule has 3 aromatic rings. The van der Waals surface area contributed by atoms with Crippen LogP contribution in [-0.4, -0.2) is 12.5 Å². The third-order valence-electron chi connectivity index (χ3n) is 4.12. The molecule has 0 aliphatic heterocycles. The van der Waals surface area contributed by atoms with Crippen molar-refractivity contribution in [2.75, 3.05) is 11.9 Å². The van der Waals surface area contributed by atoms with Crippen molar-refractivity contribution in [3.63, 3.8) is 0 Å². The topological polar surface area (TPSA) is 38.3 Å². The normalized spacial score (nSPS) is 10.3. The number of nitrogens with one attached hydrogen (secondary N) is 1. The van der Waals surface area contributed by atoms with Crippen molar-refractivity contribution < 1.29 is 9.53 Å². The number of hydrogen-bond acceptors (Lipinski definition) is 2. The molecule has 0 atom stereocenters. The van der Waals surface area contributed by atoms with Gasteiger partial charge in [-0.2, -0.15) is 0 Å². The minimum absolute atomic E-state index is 0.0110. The molecular weight excluding hydrogens is 310 g/mol. The third-order valence-corrected chi connectivity index (χ3v) is 4.12. The van der Waals surface area contributed by atoms with Gasteiger partial charge in [0.15, 0.2) is 6.61 Å². The van der Waals surface area contributed by atoms with Crippen LogP contribution in [0.2, 0.25) is 0 Å². The predicted molar refractivity (Wildman–Crippen MR) is 102 cm³/mol. The highest BCUT2D eigenvalue weighted by atomic mass is 16.5. The summed E-state index contributed by atoms with van der Waals surface area (Å²) in [4.78, 5) is 12.1. The van der Waals surface area contributed by atoms with Crippen molar-refractivity contribution in [3.05, 3.63) is 83.9 Å². The Labute approximate surface area is 148 Å². The predicted octanol–water partition coefficient (Wildman–Crippen LogP) is 4.99. The smallest absolute Gasteiger partial charge is 0.262 e. The number of aryl methyl sites for hydroxylation is 2. The van der Waals surface area contributed by atoms with Crippen LogP contribution in [0, 0.1) is 13.8 Å². The van der Waals surface area contributed by atoms with Crippen molar-refractivity contribution in [2.24, 2.45) is 0 Å². The SMILES string of the molecule is Cc1ccc(OCC(=O)Nc2ccc(-c3ccccc3)cc2)cc1C. The number of benzene rings is 3. The van der Waals surface area contributed by atoms with Gasteiger partial charge in [-0.15, -0.1) is 0 Å². The molecule has 0 unspecified atom stereocenters. The van der Waals surface area contributed by atoms with Gasteiger partial charge in [0.25, 0.3) is 5.91 Å². The van der Waals surface area contributed by atoms with Gasteiger partial charge in [0.2, 0.25) is 0 Å². The summed E-state index contributed by atoms with van der Waals surface area (Å²) in [5, 5.41) is 2.85. The Bertz CT molecular complexity index is 855. The number of rotatable bonds is 5. The lowest BCUT2D eigenvalue weighted by molar-refractivity contribution is -0.118. The molecule has 0 radical (unpaired) electrons. The largest absolute Gasteiger partial charge is 0.484 e. The van der Waals surface area contributed by atoms with E-state index < -0.39 is 0 Å². The number of hydrogen-bond donors (Lipinski definition) is 1. The summed E-state index contributed by atoms with van der Waals surface area (Å²) < 4.78 is 5.56. The van der Waals surface area contributed by atoms with Crippen LogP contribution >= 0.6 is 0 Å². The number of carbonyl (C=O) groups excluding carboxylic acids is 1. The first-order chi connectivity index (χ1) is 12.1. The standard InChI is InChI=1S/C22H21NO2/c1-16-8-13-21(14-17(16)2)25-15-22(24)23-20-11-9-19(10-12-20)18-6-4-3-5-7-18/h3-14H,15H2,1-2H3,(H,23,24). The third kappa shape index (κ3) is 4.48. The lowest BCUT2D eigenvalue weighted by atomic mass is 10.1. The highest BCUT2D eigenvalue weighted by Gasteiger charge is 2.05. The zero-order valence-corrected chi connectivity index (χ0v) is 14.5. The van der Waals surface area contributed by atoms with Gasteiger partial charge in [-0.1, -0.05) is 48.5 Å². The summed E-state index contributed by atoms with van der Waals surface area (Å²) >= 11 is 0. The molecule has 1 N–H and O–H groups in total. The van der Waals surface area contributed by atoms with Gasteiger partial charge in [0.05, 0.1) is 0 Å². The number of ether oxygens (including phenoxy) is 1. The molecule has 3 heteroatoms. The molecule has 3 nitrogen and oxygen atoms in total. The summed E-state index contributed by atoms with van der Waals surface area (Å²) in [7, 11) is 0. The summed E-state index contributed by atoms with van der Waals surface area (Å²) in [5.41, 5.74) is 5.38. The average molecular weight is 331 g/mol. The van der Waals surface area contributed by atoms with Crippen molar-refractivity contribution in [2.45, 2.75) is 13.8 Å². The minimum Gasteiger partial charge on any atom is -0.484 e. The van der Waals surface area contributed by atoms with Crippen LogP contribution in [-0.2, 0) is 4.79 Å². The van der Waals surface area contributed by atoms with E-state index in [1.54, 1.807) is 0 Å². The molecule has 25 heavy (non-hydrogen) atoms. The van der Waals surface area contributed by atoms with E-state index in [9.17, 15) is 4.79 Å². The second-order valence-corrected chi connectivity index (χ2v) is 6.03. The van der Waals surface area contributed by atoms with Gasteiger partial charge in [0, 0.05) is 5.69 Å². The van der Waals surface area contributed by atoms with Gasteiger partial charge < -0.3 is 10.1 Å². The molecule has 3 rings (SSSR count). The summed E-state index contributed by atoms with van der Waals surface area (Å²) in [5.74, 6) is 0.531. The van der Waals surface area contributed by atoms with Crippen LogP contribution < -0.4 is 10.1 Å². The molecule has 0 spiro atoms. The second kappa shape index (κ2) is 7.67. The Morgan fingerprint density at radius 1 is 0.840 bits per heavy atom. The molecule has 0 fully saturated rings. The van der Waals surface area contributed by atoms with Gasteiger partial charge in [-0.25, -0.2) is 0 Å². The fourth-order valence-corrected chi connectivity index (χ4v) is 2.53. The molecule has 1 amide bonds. The summed E-state index contributed by atoms with van der Waals surface area (Å²) in [6, 6.07) is 23.7. The van der Waals surface area contributed by atoms with Crippen molar-refractivity contribution in [3.8, 4) is 16.9 Å². The van der Waals surface area contributed by atoms with Crippen LogP contribution in [0.3, 0.4) is 0 Å². The van der Waals surface area contributed by atoms with Crippen LogP contribution in [0.25, 0.3) is 11.1 Å². The summed E-state index contributed by atoms with van der Waals surface area (Å²) in [6.07, 6.45) is 0. The zero-order valence-electron chi connectivity index (χ0n) is 14.5. The highest BCUT2D eigenvalue weighted by Crippen LogP contribution is 2.21. The lowest BCUT2D eigenvalue weighted by Crippen LogP contribution is -2.20. The van der Waals surface area contributed by atoms with Crippen LogP contribution in [0.1, 0.15) is 11.1 Å². The minimum atomic E-state index is -0.175. The van der Waals surface area contributed by atoms with E-state index in [0.717, 1.165) is 22.4 Å². The van der Waals surface area contributed by atoms with E-state index in [0.29, 0.717) is 5.75 Å². The first-order valence-corrected chi connectivity index (χ1v) is 8.27. The van der Waals surface area contributed by atoms with Gasteiger partial charge in [-0.05, 0) is 60.4 Å². The Balaban J connectivity index is 1.56. The molecule has 0 aliphatic carbocycles. The van der Waals surface area contributed by atoms with Gasteiger partial charge in [-0.3, -0.25) is 4.79 Å². The van der Waals surface area contributed by atoms with E-state index in [1.807, 2.05) is 74.5 Å². The molecule has 0 bridgehead atoms. The van der Waals surface area contributed by atoms with E-state index in [2.05, 4.69) is 17.4 Å². The molecule has 0 heterocycles. The maximum atomic E-state index is 12.1. The zero-order chi connectivity index (χ0) is 17.6. The van der Waals surface area contributed by atoms with Crippen molar-refractivity contribution in [1.82, 2.24) is 0 Å². The maximum Gasteiger partial charge on any atom is 0.262 e. The fraction of sp³-hybridized carbons (Fsp3) is 0.136. The average Bonchev–Trinajstić information content (AvgIpc) is 2.64. The molecular formula is C22H21NO2. The quantitative estimate of drug-likeness (QED) is 0.715. The molecule has 0 saturated heterocycles. The molecule has 0 aromatic heterocycles. The Morgan fingerprint density at radius 3 is 2.20 bits per heavy atom. The number of carbonyl (C=O) groups is 1. The summed E-state index contributed by atoms with van der Waals surface area (Å²) in [6.45, 7) is 4.06. The van der Waals surface area contributed by atoms with E-state index >= 15 is 0 Å². The van der Waals surface area contributed by atoms with Crippen molar-refractivity contribution in [1.29, 1.82) is 0 Å². The second-order valence-electron chi connectivity index (χ2n) is 6.03. The van der Waals surface area contributed by atoms with Gasteiger partial charge in [0.1, 0.15) is 5.75 Å². The van der Waals surface area contributed by atoms with Crippen LogP contribution in [0.15, 0.2) is 72.8 Å². The molecule has 0 aliphatic rings. The van der Waals surface area contributed by atoms with E-state index in [4.69, 9.17) is 4.74 Å². The Kier molecular flexibility index (Phi) is 5.14. The van der Waals surface area contributed by atoms with E-state index in [1.165, 1.54) is 5.56 Å². The molecule has 0 saturated carbocycles. The van der Waals surface area contributed by atoms with Gasteiger partial charge >= 0.3 is 0 Å². The fourth-order valence-electron chi connectivity index (χ4n) is 2.53. The first-order valence-electron chi connectivity index (χ1n) is 8.27. The number of amides is 1. The highest BCUT2D eigenvalue weighted by molar-refractivity contribution is 5.92. The Hall–Kier alpha value is -3.07. The van der Waals surface area contributed by atoms with E-state index in [-0.39, 0.29) is 12.5 Å². The van der Waals surface area contributed by atoms with Crippen LogP contribution in [0.4, 0.5) is 5.69 Å². The lowest BCUT2D eigenvalue weighted by Gasteiger charge is -2.09. The van der Waals surface area contributed by atoms with Crippen molar-refractivity contribution >= 4 is 11.6 Å². The first kappa shape index (κ1) is 16.8. The molecule has 126 valence electrons. The molecule has 3 aromatic carbocycles. The van der Waals surface area contributed by atoms with Crippen LogP contribution in [0.5, 0.6) is 5.75 Å². The Morgan fingerprint density at radius 2 is 1.52 bits per heavy atom. The number of anilines is 1. The monoisotopic (exact) mass is 331 g/mol. The maximum absolute atomic E-state index is 12.1.